The minimum absolute atomic E-state index is 0.352. The number of nitrogens with zero attached hydrogens (tertiary/aromatic N) is 3. The topological polar surface area (TPSA) is 29.0 Å². The molecule has 1 saturated heterocycles. The van der Waals surface area contributed by atoms with Crippen molar-refractivity contribution in [3.63, 3.8) is 0 Å². The summed E-state index contributed by atoms with van der Waals surface area (Å²) in [6, 6.07) is 2.65. The third-order valence-electron chi connectivity index (χ3n) is 3.31. The Morgan fingerprint density at radius 3 is 3.00 bits per heavy atom. The summed E-state index contributed by atoms with van der Waals surface area (Å²) >= 11 is 5.78. The maximum absolute atomic E-state index is 5.78. The highest BCUT2D eigenvalue weighted by atomic mass is 35.5. The molecule has 14 heavy (non-hydrogen) atoms. The van der Waals surface area contributed by atoms with Gasteiger partial charge in [-0.25, -0.2) is 9.97 Å². The lowest BCUT2D eigenvalue weighted by molar-refractivity contribution is 0.550. The average molecular weight is 210 g/mol. The van der Waals surface area contributed by atoms with Gasteiger partial charge >= 0.3 is 0 Å². The Hall–Kier alpha value is -0.830. The van der Waals surface area contributed by atoms with Crippen LogP contribution in [0, 0.1) is 5.92 Å². The maximum Gasteiger partial charge on any atom is 0.224 e. The lowest BCUT2D eigenvalue weighted by atomic mass is 10.1. The molecule has 2 atom stereocenters. The molecule has 2 fully saturated rings. The van der Waals surface area contributed by atoms with Crippen molar-refractivity contribution in [3.05, 3.63) is 17.5 Å². The number of hydrogen-bond acceptors (Lipinski definition) is 3. The molecule has 0 aromatic carbocycles. The first-order valence-electron chi connectivity index (χ1n) is 5.08. The molecule has 1 aromatic heterocycles. The second kappa shape index (κ2) is 3.09. The van der Waals surface area contributed by atoms with Gasteiger partial charge in [-0.3, -0.25) is 0 Å². The first-order chi connectivity index (χ1) is 6.83. The van der Waals surface area contributed by atoms with E-state index in [4.69, 9.17) is 11.6 Å². The molecular formula is C10H12ClN3. The minimum atomic E-state index is 0.352. The van der Waals surface area contributed by atoms with Crippen molar-refractivity contribution >= 4 is 17.4 Å². The van der Waals surface area contributed by atoms with Crippen molar-refractivity contribution in [1.82, 2.24) is 9.97 Å². The predicted molar refractivity (Wildman–Crippen MR) is 55.5 cm³/mol. The zero-order valence-corrected chi connectivity index (χ0v) is 8.61. The van der Waals surface area contributed by atoms with Crippen LogP contribution in [0.2, 0.25) is 5.28 Å². The van der Waals surface area contributed by atoms with Gasteiger partial charge in [-0.1, -0.05) is 0 Å². The van der Waals surface area contributed by atoms with Crippen LogP contribution in [0.15, 0.2) is 12.3 Å². The van der Waals surface area contributed by atoms with E-state index in [1.54, 1.807) is 6.20 Å². The maximum atomic E-state index is 5.78. The summed E-state index contributed by atoms with van der Waals surface area (Å²) in [5.74, 6) is 1.88. The fourth-order valence-electron chi connectivity index (χ4n) is 2.69. The molecule has 1 aliphatic carbocycles. The molecule has 3 nitrogen and oxygen atoms in total. The summed E-state index contributed by atoms with van der Waals surface area (Å²) in [7, 11) is 0. The summed E-state index contributed by atoms with van der Waals surface area (Å²) in [5, 5.41) is 0.352. The SMILES string of the molecule is Clc1nccc(N2CC3CCC2C3)n1. The number of halogens is 1. The monoisotopic (exact) mass is 209 g/mol. The smallest absolute Gasteiger partial charge is 0.224 e. The average Bonchev–Trinajstić information content (AvgIpc) is 2.78. The highest BCUT2D eigenvalue weighted by molar-refractivity contribution is 6.28. The Morgan fingerprint density at radius 2 is 2.36 bits per heavy atom. The molecule has 1 aromatic rings. The summed E-state index contributed by atoms with van der Waals surface area (Å²) < 4.78 is 0. The molecule has 4 heteroatoms. The predicted octanol–water partition coefficient (Wildman–Crippen LogP) is 2.12. The molecule has 2 bridgehead atoms. The van der Waals surface area contributed by atoms with Crippen LogP contribution in [-0.4, -0.2) is 22.6 Å². The summed E-state index contributed by atoms with van der Waals surface area (Å²) in [5.41, 5.74) is 0. The first kappa shape index (κ1) is 8.48. The van der Waals surface area contributed by atoms with Gasteiger partial charge in [0.1, 0.15) is 5.82 Å². The molecule has 3 rings (SSSR count). The molecule has 0 N–H and O–H groups in total. The molecular weight excluding hydrogens is 198 g/mol. The Bertz CT molecular complexity index is 355. The van der Waals surface area contributed by atoms with Crippen LogP contribution in [0.25, 0.3) is 0 Å². The van der Waals surface area contributed by atoms with E-state index in [2.05, 4.69) is 14.9 Å². The molecule has 0 amide bonds. The quantitative estimate of drug-likeness (QED) is 0.664. The van der Waals surface area contributed by atoms with Crippen molar-refractivity contribution < 1.29 is 0 Å². The van der Waals surface area contributed by atoms with Gasteiger partial charge in [0.2, 0.25) is 5.28 Å². The largest absolute Gasteiger partial charge is 0.353 e. The molecule has 1 aliphatic heterocycles. The fraction of sp³-hybridized carbons (Fsp3) is 0.600. The number of fused-ring (bicyclic) bond motifs is 2. The van der Waals surface area contributed by atoms with Crippen LogP contribution in [0.4, 0.5) is 5.82 Å². The van der Waals surface area contributed by atoms with Gasteiger partial charge in [0.25, 0.3) is 0 Å². The third-order valence-corrected chi connectivity index (χ3v) is 3.50. The molecule has 74 valence electrons. The number of aromatic nitrogens is 2. The van der Waals surface area contributed by atoms with E-state index in [9.17, 15) is 0 Å². The summed E-state index contributed by atoms with van der Waals surface area (Å²) in [6.07, 6.45) is 5.77. The Kier molecular flexibility index (Phi) is 1.87. The van der Waals surface area contributed by atoms with Crippen molar-refractivity contribution in [2.24, 2.45) is 5.92 Å². The zero-order chi connectivity index (χ0) is 9.54. The van der Waals surface area contributed by atoms with Gasteiger partial charge in [-0.05, 0) is 42.8 Å². The third kappa shape index (κ3) is 1.27. The van der Waals surface area contributed by atoms with Crippen LogP contribution in [0.5, 0.6) is 0 Å². The van der Waals surface area contributed by atoms with Crippen molar-refractivity contribution in [2.45, 2.75) is 25.3 Å². The zero-order valence-electron chi connectivity index (χ0n) is 7.86. The standard InChI is InChI=1S/C10H12ClN3/c11-10-12-4-3-9(13-10)14-6-7-1-2-8(14)5-7/h3-4,7-8H,1-2,5-6H2. The van der Waals surface area contributed by atoms with E-state index >= 15 is 0 Å². The van der Waals surface area contributed by atoms with Gasteiger partial charge < -0.3 is 4.90 Å². The minimum Gasteiger partial charge on any atom is -0.353 e. The van der Waals surface area contributed by atoms with E-state index in [1.165, 1.54) is 19.3 Å². The van der Waals surface area contributed by atoms with E-state index in [0.29, 0.717) is 11.3 Å². The molecule has 0 radical (unpaired) electrons. The van der Waals surface area contributed by atoms with Crippen LogP contribution >= 0.6 is 11.6 Å². The summed E-state index contributed by atoms with van der Waals surface area (Å²) in [4.78, 5) is 10.5. The Morgan fingerprint density at radius 1 is 1.43 bits per heavy atom. The van der Waals surface area contributed by atoms with Crippen molar-refractivity contribution in [1.29, 1.82) is 0 Å². The van der Waals surface area contributed by atoms with E-state index < -0.39 is 0 Å². The normalized spacial score (nSPS) is 29.9. The molecule has 0 spiro atoms. The lowest BCUT2D eigenvalue weighted by Crippen LogP contribution is -2.32. The Balaban J connectivity index is 1.89. The number of hydrogen-bond donors (Lipinski definition) is 0. The van der Waals surface area contributed by atoms with Crippen LogP contribution < -0.4 is 4.90 Å². The van der Waals surface area contributed by atoms with Gasteiger partial charge in [0.05, 0.1) is 0 Å². The van der Waals surface area contributed by atoms with Crippen LogP contribution in [-0.2, 0) is 0 Å². The fourth-order valence-corrected chi connectivity index (χ4v) is 2.83. The molecule has 1 saturated carbocycles. The van der Waals surface area contributed by atoms with E-state index in [-0.39, 0.29) is 0 Å². The second-order valence-electron chi connectivity index (χ2n) is 4.17. The van der Waals surface area contributed by atoms with Gasteiger partial charge in [0, 0.05) is 18.8 Å². The van der Waals surface area contributed by atoms with Crippen molar-refractivity contribution in [3.8, 4) is 0 Å². The second-order valence-corrected chi connectivity index (χ2v) is 4.51. The number of anilines is 1. The van der Waals surface area contributed by atoms with E-state index in [0.717, 1.165) is 18.3 Å². The van der Waals surface area contributed by atoms with Crippen molar-refractivity contribution in [2.75, 3.05) is 11.4 Å². The molecule has 2 unspecified atom stereocenters. The summed E-state index contributed by atoms with van der Waals surface area (Å²) in [6.45, 7) is 1.15. The first-order valence-corrected chi connectivity index (χ1v) is 5.46. The van der Waals surface area contributed by atoms with Gasteiger partial charge in [-0.2, -0.15) is 0 Å². The number of piperidine rings is 1. The highest BCUT2D eigenvalue weighted by Gasteiger charge is 2.38. The molecule has 2 heterocycles. The van der Waals surface area contributed by atoms with Crippen LogP contribution in [0.3, 0.4) is 0 Å². The van der Waals surface area contributed by atoms with Crippen LogP contribution in [0.1, 0.15) is 19.3 Å². The lowest BCUT2D eigenvalue weighted by Gasteiger charge is -2.27. The van der Waals surface area contributed by atoms with E-state index in [1.807, 2.05) is 6.07 Å². The van der Waals surface area contributed by atoms with Gasteiger partial charge in [0.15, 0.2) is 0 Å². The number of rotatable bonds is 1. The Labute approximate surface area is 88.1 Å². The molecule has 2 aliphatic rings. The van der Waals surface area contributed by atoms with Gasteiger partial charge in [-0.15, -0.1) is 0 Å². The highest BCUT2D eigenvalue weighted by Crippen LogP contribution is 2.39.